The van der Waals surface area contributed by atoms with E-state index >= 15 is 0 Å². The summed E-state index contributed by atoms with van der Waals surface area (Å²) < 4.78 is 1.99. The van der Waals surface area contributed by atoms with Crippen LogP contribution in [0.3, 0.4) is 0 Å². The van der Waals surface area contributed by atoms with E-state index in [1.54, 1.807) is 0 Å². The Hall–Kier alpha value is -1.56. The molecule has 20 heavy (non-hydrogen) atoms. The monoisotopic (exact) mass is 279 g/mol. The van der Waals surface area contributed by atoms with Gasteiger partial charge in [-0.15, -0.1) is 0 Å². The quantitative estimate of drug-likeness (QED) is 0.646. The first-order valence-corrected chi connectivity index (χ1v) is 7.44. The summed E-state index contributed by atoms with van der Waals surface area (Å²) in [6, 6.07) is 2.26. The second-order valence-electron chi connectivity index (χ2n) is 5.48. The van der Waals surface area contributed by atoms with Crippen molar-refractivity contribution in [2.75, 3.05) is 25.0 Å². The molecule has 112 valence electrons. The first-order chi connectivity index (χ1) is 9.69. The van der Waals surface area contributed by atoms with E-state index in [0.717, 1.165) is 38.4 Å². The number of hydrogen-bond donors (Lipinski definition) is 3. The highest BCUT2D eigenvalue weighted by Crippen LogP contribution is 2.15. The molecule has 1 amide bonds. The number of carbonyl (C=O) groups excluding carboxylic acids is 1. The lowest BCUT2D eigenvalue weighted by Crippen LogP contribution is -2.37. The van der Waals surface area contributed by atoms with Gasteiger partial charge in [0.25, 0.3) is 0 Å². The van der Waals surface area contributed by atoms with E-state index in [-0.39, 0.29) is 11.9 Å². The molecule has 1 aromatic rings. The molecule has 1 aliphatic rings. The number of fused-ring (bicyclic) bond motifs is 1. The van der Waals surface area contributed by atoms with Crippen LogP contribution >= 0.6 is 0 Å². The molecule has 0 aliphatic carbocycles. The Balaban J connectivity index is 1.59. The van der Waals surface area contributed by atoms with Crippen molar-refractivity contribution in [1.29, 1.82) is 0 Å². The van der Waals surface area contributed by atoms with E-state index in [4.69, 9.17) is 0 Å². The Morgan fingerprint density at radius 3 is 3.30 bits per heavy atom. The number of carbonyl (C=O) groups is 1. The molecular formula is C14H25N5O. The highest BCUT2D eigenvalue weighted by molar-refractivity contribution is 5.76. The molecule has 0 saturated carbocycles. The lowest BCUT2D eigenvalue weighted by atomic mass is 10.1. The fraction of sp³-hybridized carbons (Fsp3) is 0.714. The van der Waals surface area contributed by atoms with Gasteiger partial charge >= 0.3 is 0 Å². The van der Waals surface area contributed by atoms with Crippen LogP contribution in [0.15, 0.2) is 12.3 Å². The number of amides is 1. The molecule has 2 rings (SSSR count). The Labute approximate surface area is 120 Å². The van der Waals surface area contributed by atoms with Gasteiger partial charge in [-0.3, -0.25) is 4.79 Å². The molecule has 2 atom stereocenters. The molecule has 2 heterocycles. The molecule has 6 nitrogen and oxygen atoms in total. The van der Waals surface area contributed by atoms with Gasteiger partial charge in [-0.05, 0) is 13.3 Å². The average Bonchev–Trinajstić information content (AvgIpc) is 2.91. The molecule has 1 aliphatic heterocycles. The summed E-state index contributed by atoms with van der Waals surface area (Å²) in [6.45, 7) is 7.62. The Kier molecular flexibility index (Phi) is 5.40. The van der Waals surface area contributed by atoms with Gasteiger partial charge in [0, 0.05) is 50.6 Å². The van der Waals surface area contributed by atoms with Crippen molar-refractivity contribution in [3.05, 3.63) is 12.3 Å². The molecule has 3 N–H and O–H groups in total. The van der Waals surface area contributed by atoms with E-state index in [9.17, 15) is 4.79 Å². The topological polar surface area (TPSA) is 71.0 Å². The molecule has 0 aromatic carbocycles. The van der Waals surface area contributed by atoms with Crippen LogP contribution in [0.4, 0.5) is 5.82 Å². The molecule has 0 spiro atoms. The van der Waals surface area contributed by atoms with Crippen LogP contribution in [0.5, 0.6) is 0 Å². The van der Waals surface area contributed by atoms with Crippen molar-refractivity contribution >= 4 is 11.7 Å². The van der Waals surface area contributed by atoms with Crippen molar-refractivity contribution in [2.45, 2.75) is 39.3 Å². The SMILES string of the molecule is CC[C@@H](C)NC(=O)CCNC[C@@H]1CNc2ccnn2C1. The Morgan fingerprint density at radius 1 is 1.65 bits per heavy atom. The standard InChI is InChI=1S/C14H25N5O/c1-3-11(2)18-14(20)5-6-15-8-12-9-16-13-4-7-17-19(13)10-12/h4,7,11-12,15-16H,3,5-6,8-10H2,1-2H3,(H,18,20)/t11-,12-/m1/s1. The maximum Gasteiger partial charge on any atom is 0.221 e. The van der Waals surface area contributed by atoms with E-state index < -0.39 is 0 Å². The van der Waals surface area contributed by atoms with Crippen molar-refractivity contribution < 1.29 is 4.79 Å². The third-order valence-corrected chi connectivity index (χ3v) is 3.70. The van der Waals surface area contributed by atoms with Crippen LogP contribution in [0, 0.1) is 5.92 Å². The molecule has 0 unspecified atom stereocenters. The van der Waals surface area contributed by atoms with Gasteiger partial charge in [0.2, 0.25) is 5.91 Å². The molecule has 0 bridgehead atoms. The predicted octanol–water partition coefficient (Wildman–Crippen LogP) is 0.819. The van der Waals surface area contributed by atoms with Crippen LogP contribution in [-0.4, -0.2) is 41.4 Å². The summed E-state index contributed by atoms with van der Waals surface area (Å²) in [5.41, 5.74) is 0. The zero-order valence-corrected chi connectivity index (χ0v) is 12.4. The zero-order valence-electron chi connectivity index (χ0n) is 12.4. The molecule has 0 saturated heterocycles. The lowest BCUT2D eigenvalue weighted by molar-refractivity contribution is -0.121. The fourth-order valence-electron chi connectivity index (χ4n) is 2.28. The van der Waals surface area contributed by atoms with E-state index in [0.29, 0.717) is 12.3 Å². The van der Waals surface area contributed by atoms with Gasteiger partial charge in [-0.25, -0.2) is 4.68 Å². The summed E-state index contributed by atoms with van der Waals surface area (Å²) in [5, 5.41) is 14.0. The molecule has 6 heteroatoms. The number of hydrogen-bond acceptors (Lipinski definition) is 4. The predicted molar refractivity (Wildman–Crippen MR) is 79.6 cm³/mol. The maximum atomic E-state index is 11.6. The Morgan fingerprint density at radius 2 is 2.50 bits per heavy atom. The van der Waals surface area contributed by atoms with Crippen LogP contribution in [0.2, 0.25) is 0 Å². The summed E-state index contributed by atoms with van der Waals surface area (Å²) in [7, 11) is 0. The van der Waals surface area contributed by atoms with Gasteiger partial charge in [-0.1, -0.05) is 6.92 Å². The molecular weight excluding hydrogens is 254 g/mol. The van der Waals surface area contributed by atoms with Gasteiger partial charge in [0.05, 0.1) is 6.20 Å². The highest BCUT2D eigenvalue weighted by Gasteiger charge is 2.17. The first kappa shape index (κ1) is 14.8. The summed E-state index contributed by atoms with van der Waals surface area (Å²) in [5.74, 6) is 1.73. The molecule has 1 aromatic heterocycles. The average molecular weight is 279 g/mol. The first-order valence-electron chi connectivity index (χ1n) is 7.44. The van der Waals surface area contributed by atoms with Gasteiger partial charge < -0.3 is 16.0 Å². The third kappa shape index (κ3) is 4.23. The normalized spacial score (nSPS) is 19.0. The number of nitrogens with one attached hydrogen (secondary N) is 3. The molecule has 0 radical (unpaired) electrons. The minimum Gasteiger partial charge on any atom is -0.370 e. The van der Waals surface area contributed by atoms with E-state index in [1.807, 2.05) is 23.9 Å². The van der Waals surface area contributed by atoms with Gasteiger partial charge in [-0.2, -0.15) is 5.10 Å². The minimum absolute atomic E-state index is 0.128. The summed E-state index contributed by atoms with van der Waals surface area (Å²) >= 11 is 0. The summed E-state index contributed by atoms with van der Waals surface area (Å²) in [4.78, 5) is 11.6. The van der Waals surface area contributed by atoms with E-state index in [1.165, 1.54) is 0 Å². The number of rotatable bonds is 7. The molecule has 0 fully saturated rings. The fourth-order valence-corrected chi connectivity index (χ4v) is 2.28. The Bertz CT molecular complexity index is 431. The van der Waals surface area contributed by atoms with Crippen LogP contribution in [0.1, 0.15) is 26.7 Å². The number of nitrogens with zero attached hydrogens (tertiary/aromatic N) is 2. The van der Waals surface area contributed by atoms with Crippen molar-refractivity contribution in [1.82, 2.24) is 20.4 Å². The second-order valence-corrected chi connectivity index (χ2v) is 5.48. The smallest absolute Gasteiger partial charge is 0.221 e. The maximum absolute atomic E-state index is 11.6. The number of anilines is 1. The zero-order chi connectivity index (χ0) is 14.4. The number of aromatic nitrogens is 2. The van der Waals surface area contributed by atoms with Crippen molar-refractivity contribution in [3.8, 4) is 0 Å². The van der Waals surface area contributed by atoms with Crippen LogP contribution in [-0.2, 0) is 11.3 Å². The van der Waals surface area contributed by atoms with E-state index in [2.05, 4.69) is 28.0 Å². The highest BCUT2D eigenvalue weighted by atomic mass is 16.1. The van der Waals surface area contributed by atoms with Gasteiger partial charge in [0.15, 0.2) is 0 Å². The van der Waals surface area contributed by atoms with Gasteiger partial charge in [0.1, 0.15) is 5.82 Å². The minimum atomic E-state index is 0.128. The van der Waals surface area contributed by atoms with Crippen LogP contribution < -0.4 is 16.0 Å². The largest absolute Gasteiger partial charge is 0.370 e. The summed E-state index contributed by atoms with van der Waals surface area (Å²) in [6.07, 6.45) is 3.33. The van der Waals surface area contributed by atoms with Crippen molar-refractivity contribution in [2.24, 2.45) is 5.92 Å². The second kappa shape index (κ2) is 7.28. The third-order valence-electron chi connectivity index (χ3n) is 3.70. The lowest BCUT2D eigenvalue weighted by Gasteiger charge is -2.25. The van der Waals surface area contributed by atoms with Crippen LogP contribution in [0.25, 0.3) is 0 Å². The van der Waals surface area contributed by atoms with Crippen molar-refractivity contribution in [3.63, 3.8) is 0 Å².